The van der Waals surface area contributed by atoms with Crippen molar-refractivity contribution >= 4 is 11.6 Å². The Morgan fingerprint density at radius 1 is 1.00 bits per heavy atom. The van der Waals surface area contributed by atoms with Crippen LogP contribution in [0.4, 0.5) is 0 Å². The number of halogens is 1. The number of phenols is 2. The van der Waals surface area contributed by atoms with Gasteiger partial charge in [-0.25, -0.2) is 0 Å². The summed E-state index contributed by atoms with van der Waals surface area (Å²) in [5.74, 6) is 0.513. The van der Waals surface area contributed by atoms with E-state index >= 15 is 0 Å². The van der Waals surface area contributed by atoms with Crippen LogP contribution in [-0.4, -0.2) is 26.2 Å². The molecule has 0 fully saturated rings. The van der Waals surface area contributed by atoms with Crippen LogP contribution in [0.5, 0.6) is 11.5 Å². The van der Waals surface area contributed by atoms with Crippen molar-refractivity contribution in [3.8, 4) is 11.5 Å². The average Bonchev–Trinajstić information content (AvgIpc) is 2.99. The van der Waals surface area contributed by atoms with Crippen molar-refractivity contribution in [2.75, 3.05) is 6.54 Å². The number of benzene rings is 2. The zero-order chi connectivity index (χ0) is 18.1. The minimum Gasteiger partial charge on any atom is -0.508 e. The second kappa shape index (κ2) is 7.06. The first-order chi connectivity index (χ1) is 12.6. The lowest BCUT2D eigenvalue weighted by Crippen LogP contribution is -2.29. The minimum atomic E-state index is -0.00187. The van der Waals surface area contributed by atoms with E-state index < -0.39 is 0 Å². The van der Waals surface area contributed by atoms with Crippen LogP contribution in [0.2, 0.25) is 5.02 Å². The van der Waals surface area contributed by atoms with Crippen molar-refractivity contribution in [2.45, 2.75) is 25.6 Å². The van der Waals surface area contributed by atoms with Crippen molar-refractivity contribution in [3.05, 3.63) is 82.6 Å². The highest BCUT2D eigenvalue weighted by molar-refractivity contribution is 6.30. The maximum absolute atomic E-state index is 10.3. The maximum Gasteiger partial charge on any atom is 0.120 e. The predicted molar refractivity (Wildman–Crippen MR) is 103 cm³/mol. The summed E-state index contributed by atoms with van der Waals surface area (Å²) in [6.07, 6.45) is 3.11. The van der Waals surface area contributed by atoms with Gasteiger partial charge in [0.15, 0.2) is 0 Å². The molecule has 4 nitrogen and oxygen atoms in total. The van der Waals surface area contributed by atoms with Crippen LogP contribution in [-0.2, 0) is 13.1 Å². The second-order valence-electron chi connectivity index (χ2n) is 6.72. The van der Waals surface area contributed by atoms with Crippen molar-refractivity contribution < 1.29 is 10.2 Å². The molecule has 5 heteroatoms. The third-order valence-corrected chi connectivity index (χ3v) is 5.19. The summed E-state index contributed by atoms with van der Waals surface area (Å²) in [7, 11) is 0. The molecule has 26 heavy (non-hydrogen) atoms. The molecular formula is C21H21ClN2O2. The minimum absolute atomic E-state index is 0.00187. The van der Waals surface area contributed by atoms with E-state index in [-0.39, 0.29) is 17.5 Å². The number of rotatable bonds is 3. The molecule has 1 atom stereocenters. The number of aromatic nitrogens is 1. The van der Waals surface area contributed by atoms with Gasteiger partial charge in [-0.15, -0.1) is 0 Å². The van der Waals surface area contributed by atoms with E-state index in [1.165, 1.54) is 5.69 Å². The zero-order valence-electron chi connectivity index (χ0n) is 14.3. The lowest BCUT2D eigenvalue weighted by atomic mass is 10.0. The topological polar surface area (TPSA) is 48.6 Å². The summed E-state index contributed by atoms with van der Waals surface area (Å²) >= 11 is 6.14. The molecule has 1 unspecified atom stereocenters. The van der Waals surface area contributed by atoms with Crippen LogP contribution >= 0.6 is 11.6 Å². The third kappa shape index (κ3) is 3.30. The largest absolute Gasteiger partial charge is 0.508 e. The Morgan fingerprint density at radius 2 is 1.88 bits per heavy atom. The van der Waals surface area contributed by atoms with Gasteiger partial charge >= 0.3 is 0 Å². The Morgan fingerprint density at radius 3 is 2.73 bits per heavy atom. The van der Waals surface area contributed by atoms with Crippen molar-refractivity contribution in [1.29, 1.82) is 0 Å². The monoisotopic (exact) mass is 368 g/mol. The van der Waals surface area contributed by atoms with Gasteiger partial charge in [-0.3, -0.25) is 4.90 Å². The maximum atomic E-state index is 10.3. The Hall–Kier alpha value is -2.43. The van der Waals surface area contributed by atoms with Crippen molar-refractivity contribution in [2.24, 2.45) is 0 Å². The number of fused-ring (bicyclic) bond motifs is 1. The molecule has 1 aliphatic rings. The summed E-state index contributed by atoms with van der Waals surface area (Å²) in [6, 6.07) is 16.8. The van der Waals surface area contributed by atoms with E-state index in [0.717, 1.165) is 30.6 Å². The highest BCUT2D eigenvalue weighted by Crippen LogP contribution is 2.35. The molecule has 2 aromatic carbocycles. The van der Waals surface area contributed by atoms with Gasteiger partial charge in [-0.05, 0) is 54.4 Å². The van der Waals surface area contributed by atoms with Crippen LogP contribution in [0.15, 0.2) is 60.8 Å². The van der Waals surface area contributed by atoms with Crippen LogP contribution in [0.3, 0.4) is 0 Å². The lowest BCUT2D eigenvalue weighted by molar-refractivity contribution is 0.217. The summed E-state index contributed by atoms with van der Waals surface area (Å²) < 4.78 is 2.27. The van der Waals surface area contributed by atoms with Gasteiger partial charge in [0.25, 0.3) is 0 Å². The molecule has 0 aliphatic carbocycles. The molecule has 134 valence electrons. The molecule has 1 aromatic heterocycles. The van der Waals surface area contributed by atoms with Gasteiger partial charge in [0.05, 0.1) is 6.04 Å². The summed E-state index contributed by atoms with van der Waals surface area (Å²) in [6.45, 7) is 2.42. The van der Waals surface area contributed by atoms with Crippen LogP contribution < -0.4 is 0 Å². The van der Waals surface area contributed by atoms with Gasteiger partial charge < -0.3 is 14.8 Å². The van der Waals surface area contributed by atoms with E-state index in [4.69, 9.17) is 11.6 Å². The third-order valence-electron chi connectivity index (χ3n) is 4.96. The average molecular weight is 369 g/mol. The molecule has 0 saturated heterocycles. The number of aryl methyl sites for hydroxylation is 1. The van der Waals surface area contributed by atoms with Gasteiger partial charge in [-0.1, -0.05) is 23.7 Å². The number of phenolic OH excluding ortho intramolecular Hbond substituents is 2. The Bertz CT molecular complexity index is 922. The molecule has 2 N–H and O–H groups in total. The number of nitrogens with zero attached hydrogens (tertiary/aromatic N) is 2. The zero-order valence-corrected chi connectivity index (χ0v) is 15.1. The van der Waals surface area contributed by atoms with E-state index in [1.54, 1.807) is 18.2 Å². The fourth-order valence-corrected chi connectivity index (χ4v) is 3.98. The first-order valence-corrected chi connectivity index (χ1v) is 9.15. The number of hydrogen-bond donors (Lipinski definition) is 2. The van der Waals surface area contributed by atoms with Crippen LogP contribution in [0, 0.1) is 0 Å². The smallest absolute Gasteiger partial charge is 0.120 e. The number of hydrogen-bond acceptors (Lipinski definition) is 3. The molecule has 0 radical (unpaired) electrons. The molecule has 2 heterocycles. The highest BCUT2D eigenvalue weighted by Gasteiger charge is 2.28. The van der Waals surface area contributed by atoms with E-state index in [1.807, 2.05) is 24.3 Å². The fraction of sp³-hybridized carbons (Fsp3) is 0.238. The molecule has 0 saturated carbocycles. The summed E-state index contributed by atoms with van der Waals surface area (Å²) in [5, 5.41) is 20.9. The molecule has 0 amide bonds. The first kappa shape index (κ1) is 17.0. The molecule has 0 spiro atoms. The molecule has 1 aliphatic heterocycles. The normalized spacial score (nSPS) is 17.7. The summed E-state index contributed by atoms with van der Waals surface area (Å²) in [4.78, 5) is 2.33. The van der Waals surface area contributed by atoms with Gasteiger partial charge in [0.2, 0.25) is 0 Å². The van der Waals surface area contributed by atoms with E-state index in [0.29, 0.717) is 11.6 Å². The Kier molecular flexibility index (Phi) is 4.62. The van der Waals surface area contributed by atoms with E-state index in [9.17, 15) is 10.2 Å². The first-order valence-electron chi connectivity index (χ1n) is 8.77. The molecule has 4 rings (SSSR count). The van der Waals surface area contributed by atoms with Gasteiger partial charge in [0, 0.05) is 42.1 Å². The van der Waals surface area contributed by atoms with Crippen LogP contribution in [0.25, 0.3) is 0 Å². The van der Waals surface area contributed by atoms with E-state index in [2.05, 4.69) is 27.8 Å². The van der Waals surface area contributed by atoms with Gasteiger partial charge in [0.1, 0.15) is 11.5 Å². The van der Waals surface area contributed by atoms with Crippen molar-refractivity contribution in [1.82, 2.24) is 9.47 Å². The standard InChI is InChI=1S/C21H21ClN2O2/c22-17-7-8-20(26)16(12-17)14-24-11-3-10-23-9-2-6-19(23)21(24)15-4-1-5-18(25)13-15/h1-2,4-9,12-13,21,25-26H,3,10-11,14H2. The van der Waals surface area contributed by atoms with Crippen LogP contribution in [0.1, 0.15) is 29.3 Å². The predicted octanol–water partition coefficient (Wildman–Crippen LogP) is 4.55. The summed E-state index contributed by atoms with van der Waals surface area (Å²) in [5.41, 5.74) is 3.03. The highest BCUT2D eigenvalue weighted by atomic mass is 35.5. The molecule has 3 aromatic rings. The lowest BCUT2D eigenvalue weighted by Gasteiger charge is -2.31. The van der Waals surface area contributed by atoms with Gasteiger partial charge in [-0.2, -0.15) is 0 Å². The fourth-order valence-electron chi connectivity index (χ4n) is 3.79. The quantitative estimate of drug-likeness (QED) is 0.713. The second-order valence-corrected chi connectivity index (χ2v) is 7.16. The Balaban J connectivity index is 1.77. The Labute approximate surface area is 157 Å². The SMILES string of the molecule is Oc1cccc(C2c3cccn3CCCN2Cc2cc(Cl)ccc2O)c1. The molecule has 0 bridgehead atoms. The molecular weight excluding hydrogens is 348 g/mol. The van der Waals surface area contributed by atoms with Crippen molar-refractivity contribution in [3.63, 3.8) is 0 Å². The number of aromatic hydroxyl groups is 2.